The Morgan fingerprint density at radius 1 is 1.14 bits per heavy atom. The topological polar surface area (TPSA) is 105 Å². The summed E-state index contributed by atoms with van der Waals surface area (Å²) < 4.78 is 5.28. The largest absolute Gasteiger partial charge is 0.482 e. The van der Waals surface area contributed by atoms with Crippen LogP contribution in [0.1, 0.15) is 28.9 Å². The van der Waals surface area contributed by atoms with Crippen LogP contribution in [0.3, 0.4) is 0 Å². The number of nitrogens with zero attached hydrogens (tertiary/aromatic N) is 1. The summed E-state index contributed by atoms with van der Waals surface area (Å²) >= 11 is 0. The Bertz CT molecular complexity index is 989. The van der Waals surface area contributed by atoms with Gasteiger partial charge >= 0.3 is 6.03 Å². The molecule has 1 fully saturated rings. The smallest absolute Gasteiger partial charge is 0.325 e. The van der Waals surface area contributed by atoms with Gasteiger partial charge in [-0.3, -0.25) is 19.3 Å². The maximum absolute atomic E-state index is 12.9. The van der Waals surface area contributed by atoms with Crippen molar-refractivity contribution in [3.63, 3.8) is 0 Å². The maximum Gasteiger partial charge on any atom is 0.325 e. The van der Waals surface area contributed by atoms with Crippen LogP contribution >= 0.6 is 0 Å². The highest BCUT2D eigenvalue weighted by molar-refractivity contribution is 6.11. The highest BCUT2D eigenvalue weighted by Crippen LogP contribution is 2.30. The Morgan fingerprint density at radius 2 is 1.89 bits per heavy atom. The first-order valence-electron chi connectivity index (χ1n) is 8.75. The first-order valence-corrected chi connectivity index (χ1v) is 8.75. The molecule has 0 aromatic heterocycles. The third-order valence-electron chi connectivity index (χ3n) is 4.77. The number of Topliss-reactive ketones (excluding diaryl/α,β-unsaturated/α-hetero) is 1. The van der Waals surface area contributed by atoms with Crippen molar-refractivity contribution in [2.45, 2.75) is 19.0 Å². The van der Waals surface area contributed by atoms with Gasteiger partial charge in [0.05, 0.1) is 5.69 Å². The van der Waals surface area contributed by atoms with E-state index in [1.54, 1.807) is 36.4 Å². The normalized spacial score (nSPS) is 19.4. The summed E-state index contributed by atoms with van der Waals surface area (Å²) in [6.07, 6.45) is 0. The van der Waals surface area contributed by atoms with Gasteiger partial charge in [0.1, 0.15) is 17.8 Å². The molecule has 0 saturated carbocycles. The number of rotatable bonds is 4. The van der Waals surface area contributed by atoms with Crippen LogP contribution < -0.4 is 15.4 Å². The lowest BCUT2D eigenvalue weighted by Gasteiger charge is -2.22. The molecule has 4 rings (SSSR count). The summed E-state index contributed by atoms with van der Waals surface area (Å²) in [4.78, 5) is 50.5. The number of nitrogens with one attached hydrogen (secondary N) is 2. The summed E-state index contributed by atoms with van der Waals surface area (Å²) in [6.45, 7) is 1.42. The van der Waals surface area contributed by atoms with E-state index >= 15 is 0 Å². The van der Waals surface area contributed by atoms with Gasteiger partial charge in [-0.2, -0.15) is 0 Å². The van der Waals surface area contributed by atoms with E-state index in [1.807, 2.05) is 6.07 Å². The predicted molar refractivity (Wildman–Crippen MR) is 98.9 cm³/mol. The average molecular weight is 379 g/mol. The van der Waals surface area contributed by atoms with Crippen molar-refractivity contribution in [2.24, 2.45) is 0 Å². The van der Waals surface area contributed by atoms with E-state index in [-0.39, 0.29) is 18.1 Å². The molecule has 0 spiro atoms. The number of anilines is 1. The SMILES string of the molecule is CC(C(=O)c1ccc2c(c1)NC(=O)CO2)N1C(=O)NC(c2ccccc2)C1=O. The standard InChI is InChI=1S/C20H17N3O5/c1-11(18(25)13-7-8-15-14(9-13)21-16(24)10-28-15)23-19(26)17(22-20(23)27)12-5-3-2-4-6-12/h2-9,11,17H,10H2,1H3,(H,21,24)(H,22,27). The zero-order valence-electron chi connectivity index (χ0n) is 15.0. The van der Waals surface area contributed by atoms with Crippen LogP contribution in [0.15, 0.2) is 48.5 Å². The molecular formula is C20H17N3O5. The molecule has 2 aliphatic heterocycles. The summed E-state index contributed by atoms with van der Waals surface area (Å²) in [5.41, 5.74) is 1.30. The van der Waals surface area contributed by atoms with Gasteiger partial charge in [-0.15, -0.1) is 0 Å². The highest BCUT2D eigenvalue weighted by Gasteiger charge is 2.43. The number of urea groups is 1. The Hall–Kier alpha value is -3.68. The fourth-order valence-electron chi connectivity index (χ4n) is 3.33. The molecule has 8 nitrogen and oxygen atoms in total. The number of hydrogen-bond donors (Lipinski definition) is 2. The summed E-state index contributed by atoms with van der Waals surface area (Å²) in [5, 5.41) is 5.25. The number of imide groups is 1. The first-order chi connectivity index (χ1) is 13.5. The van der Waals surface area contributed by atoms with Crippen molar-refractivity contribution in [3.05, 3.63) is 59.7 Å². The molecule has 1 saturated heterocycles. The molecule has 0 bridgehead atoms. The van der Waals surface area contributed by atoms with Crippen molar-refractivity contribution in [1.82, 2.24) is 10.2 Å². The van der Waals surface area contributed by atoms with Crippen molar-refractivity contribution in [3.8, 4) is 5.75 Å². The van der Waals surface area contributed by atoms with Gasteiger partial charge in [0.15, 0.2) is 12.4 Å². The molecule has 4 amide bonds. The molecule has 28 heavy (non-hydrogen) atoms. The lowest BCUT2D eigenvalue weighted by atomic mass is 10.0. The molecule has 2 aromatic rings. The van der Waals surface area contributed by atoms with Gasteiger partial charge < -0.3 is 15.4 Å². The van der Waals surface area contributed by atoms with E-state index in [9.17, 15) is 19.2 Å². The quantitative estimate of drug-likeness (QED) is 0.623. The molecule has 2 unspecified atom stereocenters. The fourth-order valence-corrected chi connectivity index (χ4v) is 3.33. The zero-order valence-corrected chi connectivity index (χ0v) is 15.0. The van der Waals surface area contributed by atoms with Crippen molar-refractivity contribution in [2.75, 3.05) is 11.9 Å². The zero-order chi connectivity index (χ0) is 19.8. The van der Waals surface area contributed by atoms with Crippen LogP contribution in [0.4, 0.5) is 10.5 Å². The van der Waals surface area contributed by atoms with Crippen LogP contribution in [-0.2, 0) is 9.59 Å². The van der Waals surface area contributed by atoms with Gasteiger partial charge in [-0.25, -0.2) is 4.79 Å². The van der Waals surface area contributed by atoms with Crippen LogP contribution in [0.5, 0.6) is 5.75 Å². The summed E-state index contributed by atoms with van der Waals surface area (Å²) in [5.74, 6) is -0.751. The average Bonchev–Trinajstić information content (AvgIpc) is 3.01. The Kier molecular flexibility index (Phi) is 4.31. The summed E-state index contributed by atoms with van der Waals surface area (Å²) in [6, 6.07) is 11.0. The Morgan fingerprint density at radius 3 is 2.64 bits per heavy atom. The first kappa shape index (κ1) is 17.7. The third-order valence-corrected chi connectivity index (χ3v) is 4.77. The number of hydrogen-bond acceptors (Lipinski definition) is 5. The number of ketones is 1. The van der Waals surface area contributed by atoms with E-state index in [4.69, 9.17) is 4.74 Å². The molecule has 2 atom stereocenters. The number of carbonyl (C=O) groups excluding carboxylic acids is 4. The van der Waals surface area contributed by atoms with Gasteiger partial charge in [0, 0.05) is 5.56 Å². The van der Waals surface area contributed by atoms with E-state index in [0.29, 0.717) is 17.0 Å². The third kappa shape index (κ3) is 2.98. The molecule has 2 aromatic carbocycles. The Balaban J connectivity index is 1.57. The monoisotopic (exact) mass is 379 g/mol. The number of carbonyl (C=O) groups is 4. The number of fused-ring (bicyclic) bond motifs is 1. The lowest BCUT2D eigenvalue weighted by molar-refractivity contribution is -0.128. The number of amides is 4. The van der Waals surface area contributed by atoms with E-state index in [0.717, 1.165) is 4.90 Å². The Labute approximate surface area is 160 Å². The van der Waals surface area contributed by atoms with Crippen LogP contribution in [0.2, 0.25) is 0 Å². The molecule has 8 heteroatoms. The predicted octanol–water partition coefficient (Wildman–Crippen LogP) is 1.88. The van der Waals surface area contributed by atoms with E-state index in [1.165, 1.54) is 13.0 Å². The van der Waals surface area contributed by atoms with Crippen molar-refractivity contribution in [1.29, 1.82) is 0 Å². The van der Waals surface area contributed by atoms with Gasteiger partial charge in [0.25, 0.3) is 11.8 Å². The number of ether oxygens (including phenoxy) is 1. The number of benzene rings is 2. The molecule has 2 N–H and O–H groups in total. The van der Waals surface area contributed by atoms with E-state index < -0.39 is 29.8 Å². The molecule has 142 valence electrons. The summed E-state index contributed by atoms with van der Waals surface area (Å²) in [7, 11) is 0. The van der Waals surface area contributed by atoms with Crippen LogP contribution in [-0.4, -0.2) is 41.2 Å². The lowest BCUT2D eigenvalue weighted by Crippen LogP contribution is -2.43. The molecule has 0 aliphatic carbocycles. The second-order valence-corrected chi connectivity index (χ2v) is 6.59. The van der Waals surface area contributed by atoms with Crippen molar-refractivity contribution >= 4 is 29.3 Å². The molecule has 0 radical (unpaired) electrons. The van der Waals surface area contributed by atoms with E-state index in [2.05, 4.69) is 10.6 Å². The molecule has 2 heterocycles. The minimum absolute atomic E-state index is 0.0833. The van der Waals surface area contributed by atoms with Crippen LogP contribution in [0.25, 0.3) is 0 Å². The van der Waals surface area contributed by atoms with Gasteiger partial charge in [-0.05, 0) is 30.7 Å². The molecule has 2 aliphatic rings. The van der Waals surface area contributed by atoms with Crippen molar-refractivity contribution < 1.29 is 23.9 Å². The van der Waals surface area contributed by atoms with Gasteiger partial charge in [0.2, 0.25) is 0 Å². The second-order valence-electron chi connectivity index (χ2n) is 6.59. The van der Waals surface area contributed by atoms with Crippen LogP contribution in [0, 0.1) is 0 Å². The fraction of sp³-hybridized carbons (Fsp3) is 0.200. The maximum atomic E-state index is 12.9. The second kappa shape index (κ2) is 6.80. The molecular weight excluding hydrogens is 362 g/mol. The minimum atomic E-state index is -1.00. The highest BCUT2D eigenvalue weighted by atomic mass is 16.5. The van der Waals surface area contributed by atoms with Gasteiger partial charge in [-0.1, -0.05) is 30.3 Å². The minimum Gasteiger partial charge on any atom is -0.482 e.